The summed E-state index contributed by atoms with van der Waals surface area (Å²) in [5.74, 6) is 0.327. The molecule has 9 nitrogen and oxygen atoms in total. The lowest BCUT2D eigenvalue weighted by Gasteiger charge is -2.34. The fourth-order valence-electron chi connectivity index (χ4n) is 4.91. The van der Waals surface area contributed by atoms with Crippen LogP contribution in [-0.4, -0.2) is 54.1 Å². The third-order valence-corrected chi connectivity index (χ3v) is 7.22. The molecule has 2 amide bonds. The minimum atomic E-state index is -1.06. The highest BCUT2D eigenvalue weighted by molar-refractivity contribution is 6.31. The molecule has 1 atom stereocenters. The van der Waals surface area contributed by atoms with Gasteiger partial charge in [-0.25, -0.2) is 4.98 Å². The number of benzene rings is 2. The zero-order valence-corrected chi connectivity index (χ0v) is 23.1. The maximum atomic E-state index is 14.1. The molecule has 1 aromatic heterocycles. The number of aromatic nitrogens is 2. The van der Waals surface area contributed by atoms with Crippen molar-refractivity contribution in [2.24, 2.45) is 0 Å². The molecule has 0 bridgehead atoms. The molecule has 10 heteroatoms. The summed E-state index contributed by atoms with van der Waals surface area (Å²) in [6, 6.07) is 9.56. The first kappa shape index (κ1) is 28.2. The smallest absolute Gasteiger partial charge is 0.275 e. The summed E-state index contributed by atoms with van der Waals surface area (Å²) in [6.07, 6.45) is 9.31. The van der Waals surface area contributed by atoms with Crippen LogP contribution in [0.3, 0.4) is 0 Å². The van der Waals surface area contributed by atoms with Gasteiger partial charge < -0.3 is 24.4 Å². The number of carbonyl (C=O) groups excluding carboxylic acids is 2. The number of rotatable bonds is 10. The van der Waals surface area contributed by atoms with Crippen molar-refractivity contribution in [3.05, 3.63) is 76.8 Å². The topological polar surface area (TPSA) is 103 Å². The standard InChI is InChI=1S/C29H33ClN4O5/c1-37-24-15-20(16-25(38-2)27(24)39-3)26(28(35)33-21-10-5-4-6-11-21)34(18-19-9-7-8-12-22(19)30)29(36)23-17-31-13-14-32-23/h7-9,12-17,21,26H,4-6,10-11,18H2,1-3H3,(H,33,35). The zero-order chi connectivity index (χ0) is 27.8. The van der Waals surface area contributed by atoms with E-state index >= 15 is 0 Å². The summed E-state index contributed by atoms with van der Waals surface area (Å²) < 4.78 is 16.7. The maximum Gasteiger partial charge on any atom is 0.275 e. The van der Waals surface area contributed by atoms with Crippen LogP contribution in [0.2, 0.25) is 5.02 Å². The molecule has 1 N–H and O–H groups in total. The number of hydrogen-bond acceptors (Lipinski definition) is 7. The first-order chi connectivity index (χ1) is 19.0. The molecule has 0 saturated heterocycles. The molecule has 0 spiro atoms. The van der Waals surface area contributed by atoms with E-state index in [4.69, 9.17) is 25.8 Å². The Hall–Kier alpha value is -3.85. The Morgan fingerprint density at radius 1 is 1.03 bits per heavy atom. The van der Waals surface area contributed by atoms with Gasteiger partial charge in [0.2, 0.25) is 11.7 Å². The van der Waals surface area contributed by atoms with E-state index in [1.807, 2.05) is 18.2 Å². The van der Waals surface area contributed by atoms with Gasteiger partial charge in [-0.2, -0.15) is 0 Å². The van der Waals surface area contributed by atoms with Crippen molar-refractivity contribution in [3.63, 3.8) is 0 Å². The molecular weight excluding hydrogens is 520 g/mol. The van der Waals surface area contributed by atoms with E-state index < -0.39 is 11.9 Å². The van der Waals surface area contributed by atoms with E-state index in [9.17, 15) is 9.59 Å². The highest BCUT2D eigenvalue weighted by Crippen LogP contribution is 2.41. The van der Waals surface area contributed by atoms with E-state index in [2.05, 4.69) is 15.3 Å². The average Bonchev–Trinajstić information content (AvgIpc) is 2.97. The highest BCUT2D eigenvalue weighted by atomic mass is 35.5. The predicted octanol–water partition coefficient (Wildman–Crippen LogP) is 4.99. The van der Waals surface area contributed by atoms with Gasteiger partial charge in [0, 0.05) is 30.0 Å². The van der Waals surface area contributed by atoms with E-state index in [1.54, 1.807) is 18.2 Å². The normalized spacial score (nSPS) is 14.3. The molecule has 3 aromatic rings. The predicted molar refractivity (Wildman–Crippen MR) is 147 cm³/mol. The van der Waals surface area contributed by atoms with Gasteiger partial charge in [-0.1, -0.05) is 49.1 Å². The Kier molecular flexibility index (Phi) is 9.59. The Bertz CT molecular complexity index is 1260. The second-order valence-corrected chi connectivity index (χ2v) is 9.73. The SMILES string of the molecule is COc1cc(C(C(=O)NC2CCCCC2)N(Cc2ccccc2Cl)C(=O)c2cnccn2)cc(OC)c1OC. The Morgan fingerprint density at radius 2 is 1.72 bits per heavy atom. The summed E-state index contributed by atoms with van der Waals surface area (Å²) >= 11 is 6.52. The molecule has 206 valence electrons. The summed E-state index contributed by atoms with van der Waals surface area (Å²) in [5.41, 5.74) is 1.27. The van der Waals surface area contributed by atoms with Gasteiger partial charge in [0.15, 0.2) is 11.5 Å². The van der Waals surface area contributed by atoms with Gasteiger partial charge >= 0.3 is 0 Å². The summed E-state index contributed by atoms with van der Waals surface area (Å²) in [4.78, 5) is 37.9. The lowest BCUT2D eigenvalue weighted by atomic mass is 9.94. The molecule has 1 aliphatic carbocycles. The fourth-order valence-corrected chi connectivity index (χ4v) is 5.10. The lowest BCUT2D eigenvalue weighted by Crippen LogP contribution is -2.47. The van der Waals surface area contributed by atoms with Crippen LogP contribution in [0.4, 0.5) is 0 Å². The number of hydrogen-bond donors (Lipinski definition) is 1. The molecule has 4 rings (SSSR count). The Balaban J connectivity index is 1.86. The number of halogens is 1. The molecule has 1 aliphatic rings. The molecule has 1 fully saturated rings. The quantitative estimate of drug-likeness (QED) is 0.378. The number of carbonyl (C=O) groups is 2. The molecular formula is C29H33ClN4O5. The third kappa shape index (κ3) is 6.60. The molecule has 39 heavy (non-hydrogen) atoms. The maximum absolute atomic E-state index is 14.1. The summed E-state index contributed by atoms with van der Waals surface area (Å²) in [6.45, 7) is 0.0501. The van der Waals surface area contributed by atoms with Crippen molar-refractivity contribution in [1.82, 2.24) is 20.2 Å². The molecule has 0 aliphatic heterocycles. The summed E-state index contributed by atoms with van der Waals surface area (Å²) in [5, 5.41) is 3.67. The van der Waals surface area contributed by atoms with E-state index in [0.29, 0.717) is 33.4 Å². The van der Waals surface area contributed by atoms with Crippen molar-refractivity contribution in [1.29, 1.82) is 0 Å². The molecule has 2 aromatic carbocycles. The van der Waals surface area contributed by atoms with Crippen LogP contribution >= 0.6 is 11.6 Å². The lowest BCUT2D eigenvalue weighted by molar-refractivity contribution is -0.127. The number of ether oxygens (including phenoxy) is 3. The van der Waals surface area contributed by atoms with Crippen molar-refractivity contribution in [2.45, 2.75) is 50.7 Å². The molecule has 1 unspecified atom stereocenters. The van der Waals surface area contributed by atoms with Gasteiger partial charge in [-0.3, -0.25) is 14.6 Å². The van der Waals surface area contributed by atoms with Crippen LogP contribution in [0.1, 0.15) is 59.8 Å². The third-order valence-electron chi connectivity index (χ3n) is 6.86. The number of methoxy groups -OCH3 is 3. The van der Waals surface area contributed by atoms with Crippen LogP contribution in [0.5, 0.6) is 17.2 Å². The van der Waals surface area contributed by atoms with Crippen LogP contribution in [-0.2, 0) is 11.3 Å². The van der Waals surface area contributed by atoms with Crippen molar-refractivity contribution in [2.75, 3.05) is 21.3 Å². The van der Waals surface area contributed by atoms with Crippen LogP contribution in [0, 0.1) is 0 Å². The van der Waals surface area contributed by atoms with Crippen LogP contribution < -0.4 is 19.5 Å². The number of nitrogens with one attached hydrogen (secondary N) is 1. The van der Waals surface area contributed by atoms with Gasteiger partial charge in [0.25, 0.3) is 5.91 Å². The first-order valence-corrected chi connectivity index (χ1v) is 13.2. The van der Waals surface area contributed by atoms with Crippen LogP contribution in [0.25, 0.3) is 0 Å². The second kappa shape index (κ2) is 13.3. The number of nitrogens with zero attached hydrogens (tertiary/aromatic N) is 3. The Morgan fingerprint density at radius 3 is 2.31 bits per heavy atom. The minimum absolute atomic E-state index is 0.0181. The zero-order valence-electron chi connectivity index (χ0n) is 22.4. The second-order valence-electron chi connectivity index (χ2n) is 9.32. The molecule has 0 radical (unpaired) electrons. The van der Waals surface area contributed by atoms with E-state index in [0.717, 1.165) is 32.1 Å². The van der Waals surface area contributed by atoms with Crippen molar-refractivity contribution < 1.29 is 23.8 Å². The Labute approximate surface area is 233 Å². The number of amides is 2. The van der Waals surface area contributed by atoms with Crippen molar-refractivity contribution >= 4 is 23.4 Å². The monoisotopic (exact) mass is 552 g/mol. The van der Waals surface area contributed by atoms with Gasteiger partial charge in [0.1, 0.15) is 11.7 Å². The van der Waals surface area contributed by atoms with Crippen LogP contribution in [0.15, 0.2) is 55.0 Å². The fraction of sp³-hybridized carbons (Fsp3) is 0.379. The van der Waals surface area contributed by atoms with E-state index in [1.165, 1.54) is 44.8 Å². The first-order valence-electron chi connectivity index (χ1n) is 12.9. The largest absolute Gasteiger partial charge is 0.493 e. The molecule has 1 saturated carbocycles. The average molecular weight is 553 g/mol. The highest BCUT2D eigenvalue weighted by Gasteiger charge is 2.36. The molecule has 1 heterocycles. The van der Waals surface area contributed by atoms with Gasteiger partial charge in [-0.05, 0) is 42.2 Å². The van der Waals surface area contributed by atoms with Gasteiger partial charge in [0.05, 0.1) is 27.5 Å². The minimum Gasteiger partial charge on any atom is -0.493 e. The summed E-state index contributed by atoms with van der Waals surface area (Å²) in [7, 11) is 4.52. The van der Waals surface area contributed by atoms with Gasteiger partial charge in [-0.15, -0.1) is 0 Å². The van der Waals surface area contributed by atoms with Crippen molar-refractivity contribution in [3.8, 4) is 17.2 Å². The van der Waals surface area contributed by atoms with E-state index in [-0.39, 0.29) is 24.2 Å².